The molecule has 0 heterocycles. The van der Waals surface area contributed by atoms with Gasteiger partial charge in [-0.1, -0.05) is 48.0 Å². The predicted molar refractivity (Wildman–Crippen MR) is 104 cm³/mol. The number of benzene rings is 2. The quantitative estimate of drug-likeness (QED) is 0.528. The summed E-state index contributed by atoms with van der Waals surface area (Å²) in [6.07, 6.45) is 7.57. The highest BCUT2D eigenvalue weighted by atomic mass is 35.5. The molecule has 0 aromatic heterocycles. The van der Waals surface area contributed by atoms with E-state index in [1.165, 1.54) is 11.1 Å². The van der Waals surface area contributed by atoms with Gasteiger partial charge in [0.2, 0.25) is 0 Å². The highest BCUT2D eigenvalue weighted by Crippen LogP contribution is 2.36. The van der Waals surface area contributed by atoms with Crippen molar-refractivity contribution < 1.29 is 9.13 Å². The second-order valence-corrected chi connectivity index (χ2v) is 6.63. The maximum atomic E-state index is 14.6. The number of halogens is 2. The molecule has 3 heteroatoms. The topological polar surface area (TPSA) is 9.23 Å². The molecule has 1 nitrogen and oxygen atoms in total. The Kier molecular flexibility index (Phi) is 5.60. The number of ether oxygens (including phenoxy) is 1. The summed E-state index contributed by atoms with van der Waals surface area (Å²) in [5.41, 5.74) is 3.86. The number of hydrogen-bond acceptors (Lipinski definition) is 1. The van der Waals surface area contributed by atoms with Gasteiger partial charge in [0, 0.05) is 5.56 Å². The van der Waals surface area contributed by atoms with Crippen LogP contribution < -0.4 is 4.74 Å². The van der Waals surface area contributed by atoms with Gasteiger partial charge in [-0.25, -0.2) is 4.39 Å². The van der Waals surface area contributed by atoms with Crippen LogP contribution in [0.2, 0.25) is 5.02 Å². The molecular formula is C22H22ClFO. The zero-order chi connectivity index (χ0) is 17.8. The monoisotopic (exact) mass is 356 g/mol. The van der Waals surface area contributed by atoms with Gasteiger partial charge in [-0.3, -0.25) is 0 Å². The maximum Gasteiger partial charge on any atom is 0.153 e. The van der Waals surface area contributed by atoms with Gasteiger partial charge in [0.15, 0.2) is 5.82 Å². The van der Waals surface area contributed by atoms with Crippen molar-refractivity contribution in [3.63, 3.8) is 0 Å². The molecular weight excluding hydrogens is 335 g/mol. The van der Waals surface area contributed by atoms with Crippen molar-refractivity contribution in [1.82, 2.24) is 0 Å². The lowest BCUT2D eigenvalue weighted by molar-refractivity contribution is 0.338. The molecule has 1 aliphatic carbocycles. The van der Waals surface area contributed by atoms with Gasteiger partial charge in [-0.15, -0.1) is 6.58 Å². The van der Waals surface area contributed by atoms with E-state index in [1.54, 1.807) is 12.1 Å². The van der Waals surface area contributed by atoms with Crippen LogP contribution in [-0.2, 0) is 0 Å². The summed E-state index contributed by atoms with van der Waals surface area (Å²) in [6.45, 7) is 6.17. The first-order valence-electron chi connectivity index (χ1n) is 8.67. The molecule has 0 radical (unpaired) electrons. The summed E-state index contributed by atoms with van der Waals surface area (Å²) in [4.78, 5) is 0. The predicted octanol–water partition coefficient (Wildman–Crippen LogP) is 6.91. The van der Waals surface area contributed by atoms with Crippen molar-refractivity contribution in [3.05, 3.63) is 71.5 Å². The maximum absolute atomic E-state index is 14.6. The van der Waals surface area contributed by atoms with E-state index in [2.05, 4.69) is 24.8 Å². The summed E-state index contributed by atoms with van der Waals surface area (Å²) >= 11 is 6.09. The first kappa shape index (κ1) is 17.8. The van der Waals surface area contributed by atoms with Crippen LogP contribution in [0.15, 0.2) is 55.1 Å². The van der Waals surface area contributed by atoms with Crippen molar-refractivity contribution in [3.8, 4) is 16.9 Å². The van der Waals surface area contributed by atoms with Crippen molar-refractivity contribution in [2.45, 2.75) is 26.2 Å². The van der Waals surface area contributed by atoms with E-state index in [9.17, 15) is 4.39 Å². The lowest BCUT2D eigenvalue weighted by Crippen LogP contribution is -2.02. The summed E-state index contributed by atoms with van der Waals surface area (Å²) in [5, 5.41) is 0.0360. The molecule has 2 aromatic carbocycles. The van der Waals surface area contributed by atoms with Crippen LogP contribution in [0.4, 0.5) is 4.39 Å². The Morgan fingerprint density at radius 1 is 1.20 bits per heavy atom. The highest BCUT2D eigenvalue weighted by Gasteiger charge is 2.15. The minimum Gasteiger partial charge on any atom is -0.492 e. The standard InChI is InChI=1S/C22H22ClFO/c1-3-15-5-7-16(8-6-15)17-9-11-18(12-10-17)19-13-14-20(25-4-2)21(23)22(19)24/h3,7,9-15H,1,4-6,8H2,2H3. The van der Waals surface area contributed by atoms with Crippen LogP contribution in [0, 0.1) is 11.7 Å². The highest BCUT2D eigenvalue weighted by molar-refractivity contribution is 6.32. The van der Waals surface area contributed by atoms with Crippen molar-refractivity contribution in [1.29, 1.82) is 0 Å². The third kappa shape index (κ3) is 3.80. The third-order valence-corrected chi connectivity index (χ3v) is 5.05. The Bertz CT molecular complexity index is 792. The molecule has 0 aliphatic heterocycles. The molecule has 1 unspecified atom stereocenters. The Labute approximate surface area is 153 Å². The second kappa shape index (κ2) is 7.88. The average molecular weight is 357 g/mol. The molecule has 1 atom stereocenters. The molecule has 0 amide bonds. The van der Waals surface area contributed by atoms with Crippen LogP contribution in [0.5, 0.6) is 5.75 Å². The van der Waals surface area contributed by atoms with Gasteiger partial charge in [-0.05, 0) is 60.9 Å². The minimum atomic E-state index is -0.439. The van der Waals surface area contributed by atoms with Gasteiger partial charge >= 0.3 is 0 Å². The SMILES string of the molecule is C=CC1CC=C(c2ccc(-c3ccc(OCC)c(Cl)c3F)cc2)CC1. The Morgan fingerprint density at radius 2 is 1.92 bits per heavy atom. The fraction of sp³-hybridized carbons (Fsp3) is 0.273. The molecule has 3 rings (SSSR count). The van der Waals surface area contributed by atoms with Crippen LogP contribution >= 0.6 is 11.6 Å². The summed E-state index contributed by atoms with van der Waals surface area (Å²) in [6, 6.07) is 11.4. The third-order valence-electron chi connectivity index (χ3n) is 4.70. The summed E-state index contributed by atoms with van der Waals surface area (Å²) in [5.74, 6) is 0.528. The fourth-order valence-electron chi connectivity index (χ4n) is 3.22. The Balaban J connectivity index is 1.85. The lowest BCUT2D eigenvalue weighted by atomic mass is 9.86. The van der Waals surface area contributed by atoms with E-state index in [1.807, 2.05) is 25.1 Å². The normalized spacial score (nSPS) is 17.1. The van der Waals surface area contributed by atoms with Crippen molar-refractivity contribution in [2.24, 2.45) is 5.92 Å². The second-order valence-electron chi connectivity index (χ2n) is 6.25. The van der Waals surface area contributed by atoms with E-state index in [0.29, 0.717) is 23.8 Å². The Morgan fingerprint density at radius 3 is 2.52 bits per heavy atom. The summed E-state index contributed by atoms with van der Waals surface area (Å²) < 4.78 is 19.9. The molecule has 1 aliphatic rings. The van der Waals surface area contributed by atoms with Gasteiger partial charge in [0.25, 0.3) is 0 Å². The van der Waals surface area contributed by atoms with Gasteiger partial charge < -0.3 is 4.74 Å². The van der Waals surface area contributed by atoms with Gasteiger partial charge in [0.05, 0.1) is 6.61 Å². The molecule has 0 fully saturated rings. The van der Waals surface area contributed by atoms with Crippen LogP contribution in [-0.4, -0.2) is 6.61 Å². The fourth-order valence-corrected chi connectivity index (χ4v) is 3.44. The van der Waals surface area contributed by atoms with E-state index >= 15 is 0 Å². The van der Waals surface area contributed by atoms with E-state index in [4.69, 9.17) is 16.3 Å². The molecule has 0 bridgehead atoms. The first-order valence-corrected chi connectivity index (χ1v) is 9.05. The van der Waals surface area contributed by atoms with E-state index in [-0.39, 0.29) is 5.02 Å². The molecule has 25 heavy (non-hydrogen) atoms. The van der Waals surface area contributed by atoms with Crippen LogP contribution in [0.25, 0.3) is 16.7 Å². The van der Waals surface area contributed by atoms with E-state index in [0.717, 1.165) is 24.8 Å². The van der Waals surface area contributed by atoms with Crippen LogP contribution in [0.3, 0.4) is 0 Å². The summed E-state index contributed by atoms with van der Waals surface area (Å²) in [7, 11) is 0. The first-order chi connectivity index (χ1) is 12.1. The lowest BCUT2D eigenvalue weighted by Gasteiger charge is -2.19. The van der Waals surface area contributed by atoms with Crippen molar-refractivity contribution in [2.75, 3.05) is 6.61 Å². The minimum absolute atomic E-state index is 0.0360. The average Bonchev–Trinajstić information content (AvgIpc) is 2.66. The Hall–Kier alpha value is -2.06. The molecule has 2 aromatic rings. The van der Waals surface area contributed by atoms with Crippen LogP contribution in [0.1, 0.15) is 31.7 Å². The largest absolute Gasteiger partial charge is 0.492 e. The van der Waals surface area contributed by atoms with E-state index < -0.39 is 5.82 Å². The van der Waals surface area contributed by atoms with Crippen molar-refractivity contribution >= 4 is 17.2 Å². The number of allylic oxidation sites excluding steroid dienone is 3. The molecule has 0 saturated heterocycles. The molecule has 0 spiro atoms. The molecule has 0 saturated carbocycles. The number of rotatable bonds is 5. The zero-order valence-electron chi connectivity index (χ0n) is 14.4. The molecule has 130 valence electrons. The van der Waals surface area contributed by atoms with Gasteiger partial charge in [-0.2, -0.15) is 0 Å². The molecule has 0 N–H and O–H groups in total. The number of hydrogen-bond donors (Lipinski definition) is 0. The smallest absolute Gasteiger partial charge is 0.153 e. The zero-order valence-corrected chi connectivity index (χ0v) is 15.2. The van der Waals surface area contributed by atoms with Gasteiger partial charge in [0.1, 0.15) is 10.8 Å².